The zero-order chi connectivity index (χ0) is 10.2. The smallest absolute Gasteiger partial charge is 0.0742 e. The van der Waals surface area contributed by atoms with Gasteiger partial charge in [-0.15, -0.1) is 0 Å². The Labute approximate surface area is 85.6 Å². The lowest BCUT2D eigenvalue weighted by molar-refractivity contribution is -0.202. The van der Waals surface area contributed by atoms with Crippen molar-refractivity contribution in [2.45, 2.75) is 38.2 Å². The SMILES string of the molecule is CC1CCC1(O)C1(CN)CCOCC1. The lowest BCUT2D eigenvalue weighted by Crippen LogP contribution is -2.63. The molecule has 1 aliphatic heterocycles. The highest BCUT2D eigenvalue weighted by molar-refractivity contribution is 5.08. The summed E-state index contributed by atoms with van der Waals surface area (Å²) in [6, 6.07) is 0. The van der Waals surface area contributed by atoms with E-state index in [4.69, 9.17) is 10.5 Å². The van der Waals surface area contributed by atoms with E-state index in [1.165, 1.54) is 0 Å². The number of hydrogen-bond acceptors (Lipinski definition) is 3. The van der Waals surface area contributed by atoms with E-state index in [0.29, 0.717) is 12.5 Å². The van der Waals surface area contributed by atoms with Gasteiger partial charge in [0.15, 0.2) is 0 Å². The lowest BCUT2D eigenvalue weighted by atomic mass is 9.53. The maximum atomic E-state index is 10.6. The van der Waals surface area contributed by atoms with Gasteiger partial charge in [-0.25, -0.2) is 0 Å². The Morgan fingerprint density at radius 3 is 2.36 bits per heavy atom. The molecule has 0 amide bonds. The molecule has 0 aromatic carbocycles. The average molecular weight is 199 g/mol. The second kappa shape index (κ2) is 3.47. The minimum atomic E-state index is -0.508. The maximum absolute atomic E-state index is 10.6. The third-order valence-corrected chi connectivity index (χ3v) is 4.53. The first-order chi connectivity index (χ1) is 6.65. The monoisotopic (exact) mass is 199 g/mol. The highest BCUT2D eigenvalue weighted by atomic mass is 16.5. The van der Waals surface area contributed by atoms with Gasteiger partial charge in [0, 0.05) is 25.2 Å². The standard InChI is InChI=1S/C11H21NO2/c1-9-2-3-11(9,13)10(8-12)4-6-14-7-5-10/h9,13H,2-8,12H2,1H3. The van der Waals surface area contributed by atoms with Crippen molar-refractivity contribution in [3.05, 3.63) is 0 Å². The van der Waals surface area contributed by atoms with Gasteiger partial charge in [0.1, 0.15) is 0 Å². The molecule has 1 saturated heterocycles. The van der Waals surface area contributed by atoms with Crippen LogP contribution < -0.4 is 5.73 Å². The van der Waals surface area contributed by atoms with Crippen molar-refractivity contribution in [3.63, 3.8) is 0 Å². The molecule has 14 heavy (non-hydrogen) atoms. The summed E-state index contributed by atoms with van der Waals surface area (Å²) in [5, 5.41) is 10.6. The molecule has 3 heteroatoms. The number of nitrogens with two attached hydrogens (primary N) is 1. The molecule has 0 bridgehead atoms. The second-order valence-corrected chi connectivity index (χ2v) is 4.96. The van der Waals surface area contributed by atoms with Gasteiger partial charge in [-0.2, -0.15) is 0 Å². The molecule has 2 unspecified atom stereocenters. The van der Waals surface area contributed by atoms with E-state index in [9.17, 15) is 5.11 Å². The van der Waals surface area contributed by atoms with Crippen molar-refractivity contribution >= 4 is 0 Å². The highest BCUT2D eigenvalue weighted by Gasteiger charge is 2.57. The second-order valence-electron chi connectivity index (χ2n) is 4.96. The first-order valence-corrected chi connectivity index (χ1v) is 5.65. The molecular formula is C11H21NO2. The largest absolute Gasteiger partial charge is 0.389 e. The Morgan fingerprint density at radius 1 is 1.36 bits per heavy atom. The van der Waals surface area contributed by atoms with E-state index in [-0.39, 0.29) is 5.41 Å². The molecule has 82 valence electrons. The minimum Gasteiger partial charge on any atom is -0.389 e. The molecule has 2 rings (SSSR count). The van der Waals surface area contributed by atoms with Crippen LogP contribution in [-0.2, 0) is 4.74 Å². The van der Waals surface area contributed by atoms with Gasteiger partial charge in [0.05, 0.1) is 5.60 Å². The van der Waals surface area contributed by atoms with Crippen molar-refractivity contribution in [3.8, 4) is 0 Å². The topological polar surface area (TPSA) is 55.5 Å². The summed E-state index contributed by atoms with van der Waals surface area (Å²) in [4.78, 5) is 0. The number of aliphatic hydroxyl groups is 1. The number of hydrogen-bond donors (Lipinski definition) is 2. The average Bonchev–Trinajstić information content (AvgIpc) is 2.26. The summed E-state index contributed by atoms with van der Waals surface area (Å²) in [7, 11) is 0. The number of ether oxygens (including phenoxy) is 1. The third kappa shape index (κ3) is 1.23. The quantitative estimate of drug-likeness (QED) is 0.695. The first kappa shape index (κ1) is 10.4. The summed E-state index contributed by atoms with van der Waals surface area (Å²) < 4.78 is 5.36. The van der Waals surface area contributed by atoms with E-state index in [0.717, 1.165) is 38.9 Å². The van der Waals surface area contributed by atoms with Crippen LogP contribution in [-0.4, -0.2) is 30.5 Å². The van der Waals surface area contributed by atoms with E-state index in [1.54, 1.807) is 0 Å². The van der Waals surface area contributed by atoms with E-state index in [2.05, 4.69) is 6.92 Å². The van der Waals surface area contributed by atoms with Crippen LogP contribution in [0.25, 0.3) is 0 Å². The van der Waals surface area contributed by atoms with Gasteiger partial charge in [-0.05, 0) is 31.6 Å². The number of rotatable bonds is 2. The van der Waals surface area contributed by atoms with Crippen LogP contribution in [0.2, 0.25) is 0 Å². The molecule has 3 nitrogen and oxygen atoms in total. The maximum Gasteiger partial charge on any atom is 0.0742 e. The molecule has 2 aliphatic rings. The van der Waals surface area contributed by atoms with Gasteiger partial charge in [0.25, 0.3) is 0 Å². The van der Waals surface area contributed by atoms with E-state index in [1.807, 2.05) is 0 Å². The summed E-state index contributed by atoms with van der Waals surface area (Å²) in [6.07, 6.45) is 3.90. The predicted octanol–water partition coefficient (Wildman–Crippen LogP) is 0.903. The fourth-order valence-electron chi connectivity index (χ4n) is 3.07. The van der Waals surface area contributed by atoms with Crippen LogP contribution in [0.15, 0.2) is 0 Å². The predicted molar refractivity (Wildman–Crippen MR) is 54.9 cm³/mol. The Kier molecular flexibility index (Phi) is 2.58. The highest BCUT2D eigenvalue weighted by Crippen LogP contribution is 2.54. The van der Waals surface area contributed by atoms with Crippen LogP contribution in [0, 0.1) is 11.3 Å². The molecular weight excluding hydrogens is 178 g/mol. The molecule has 0 aromatic rings. The molecule has 0 radical (unpaired) electrons. The molecule has 0 aromatic heterocycles. The van der Waals surface area contributed by atoms with Crippen LogP contribution in [0.3, 0.4) is 0 Å². The van der Waals surface area contributed by atoms with Gasteiger partial charge in [0.2, 0.25) is 0 Å². The van der Waals surface area contributed by atoms with Crippen LogP contribution in [0.4, 0.5) is 0 Å². The van der Waals surface area contributed by atoms with Crippen LogP contribution in [0.1, 0.15) is 32.6 Å². The molecule has 1 aliphatic carbocycles. The molecule has 2 fully saturated rings. The van der Waals surface area contributed by atoms with Crippen molar-refractivity contribution in [1.82, 2.24) is 0 Å². The van der Waals surface area contributed by atoms with E-state index < -0.39 is 5.60 Å². The third-order valence-electron chi connectivity index (χ3n) is 4.53. The zero-order valence-corrected chi connectivity index (χ0v) is 8.96. The lowest BCUT2D eigenvalue weighted by Gasteiger charge is -2.57. The molecule has 2 atom stereocenters. The van der Waals surface area contributed by atoms with Gasteiger partial charge in [-0.3, -0.25) is 0 Å². The molecule has 3 N–H and O–H groups in total. The Balaban J connectivity index is 2.17. The summed E-state index contributed by atoms with van der Waals surface area (Å²) >= 11 is 0. The summed E-state index contributed by atoms with van der Waals surface area (Å²) in [5.41, 5.74) is 5.31. The fraction of sp³-hybridized carbons (Fsp3) is 1.00. The van der Waals surface area contributed by atoms with Crippen molar-refractivity contribution in [2.75, 3.05) is 19.8 Å². The van der Waals surface area contributed by atoms with E-state index >= 15 is 0 Å². The first-order valence-electron chi connectivity index (χ1n) is 5.65. The Hall–Kier alpha value is -0.120. The Bertz CT molecular complexity index is 213. The summed E-state index contributed by atoms with van der Waals surface area (Å²) in [6.45, 7) is 4.24. The zero-order valence-electron chi connectivity index (χ0n) is 8.96. The van der Waals surface area contributed by atoms with Crippen molar-refractivity contribution in [2.24, 2.45) is 17.1 Å². The van der Waals surface area contributed by atoms with Crippen LogP contribution >= 0.6 is 0 Å². The van der Waals surface area contributed by atoms with Crippen molar-refractivity contribution in [1.29, 1.82) is 0 Å². The van der Waals surface area contributed by atoms with Crippen LogP contribution in [0.5, 0.6) is 0 Å². The minimum absolute atomic E-state index is 0.0666. The normalized spacial score (nSPS) is 41.8. The molecule has 1 heterocycles. The Morgan fingerprint density at radius 2 is 2.00 bits per heavy atom. The molecule has 0 spiro atoms. The van der Waals surface area contributed by atoms with Gasteiger partial charge in [-0.1, -0.05) is 6.92 Å². The molecule has 1 saturated carbocycles. The fourth-order valence-corrected chi connectivity index (χ4v) is 3.07. The van der Waals surface area contributed by atoms with Gasteiger partial charge < -0.3 is 15.6 Å². The van der Waals surface area contributed by atoms with Gasteiger partial charge >= 0.3 is 0 Å². The van der Waals surface area contributed by atoms with Crippen molar-refractivity contribution < 1.29 is 9.84 Å². The summed E-state index contributed by atoms with van der Waals surface area (Å²) in [5.74, 6) is 0.407.